The van der Waals surface area contributed by atoms with Crippen LogP contribution in [0.3, 0.4) is 0 Å². The second-order valence-electron chi connectivity index (χ2n) is 5.75. The van der Waals surface area contributed by atoms with Crippen LogP contribution in [0.4, 0.5) is 10.5 Å². The Balaban J connectivity index is 1.68. The van der Waals surface area contributed by atoms with Crippen LogP contribution in [0.5, 0.6) is 5.75 Å². The maximum Gasteiger partial charge on any atom is 0.319 e. The van der Waals surface area contributed by atoms with Gasteiger partial charge in [0.2, 0.25) is 5.91 Å². The summed E-state index contributed by atoms with van der Waals surface area (Å²) in [6.45, 7) is 0.331. The second kappa shape index (κ2) is 9.81. The van der Waals surface area contributed by atoms with E-state index in [0.717, 1.165) is 11.3 Å². The van der Waals surface area contributed by atoms with Crippen molar-refractivity contribution in [3.63, 3.8) is 0 Å². The lowest BCUT2D eigenvalue weighted by Gasteiger charge is -2.09. The molecule has 3 amide bonds. The fourth-order valence-electron chi connectivity index (χ4n) is 2.31. The van der Waals surface area contributed by atoms with E-state index in [4.69, 9.17) is 15.9 Å². The Hall–Kier alpha value is -3.55. The number of amides is 3. The molecule has 0 aromatic heterocycles. The minimum atomic E-state index is -0.492. The first-order valence-corrected chi connectivity index (χ1v) is 8.37. The number of benzene rings is 2. The van der Waals surface area contributed by atoms with Gasteiger partial charge in [-0.1, -0.05) is 12.1 Å². The average molecular weight is 369 g/mol. The van der Waals surface area contributed by atoms with Gasteiger partial charge in [-0.2, -0.15) is 0 Å². The van der Waals surface area contributed by atoms with Gasteiger partial charge < -0.3 is 26.4 Å². The number of nitrogens with one attached hydrogen (secondary N) is 4. The van der Waals surface area contributed by atoms with Crippen LogP contribution in [-0.2, 0) is 11.2 Å². The molecule has 0 atom stereocenters. The Morgan fingerprint density at radius 3 is 2.52 bits per heavy atom. The van der Waals surface area contributed by atoms with E-state index in [1.54, 1.807) is 31.4 Å². The Morgan fingerprint density at radius 1 is 1.11 bits per heavy atom. The van der Waals surface area contributed by atoms with Crippen molar-refractivity contribution in [1.29, 1.82) is 5.41 Å². The van der Waals surface area contributed by atoms with Crippen LogP contribution < -0.4 is 26.4 Å². The predicted molar refractivity (Wildman–Crippen MR) is 104 cm³/mol. The number of anilines is 1. The molecule has 6 N–H and O–H groups in total. The van der Waals surface area contributed by atoms with Crippen molar-refractivity contribution in [3.05, 3.63) is 59.7 Å². The van der Waals surface area contributed by atoms with Crippen molar-refractivity contribution in [2.45, 2.75) is 6.42 Å². The zero-order valence-corrected chi connectivity index (χ0v) is 15.0. The van der Waals surface area contributed by atoms with Crippen LogP contribution in [0.25, 0.3) is 0 Å². The summed E-state index contributed by atoms with van der Waals surface area (Å²) < 4.78 is 5.16. The first-order valence-electron chi connectivity index (χ1n) is 8.37. The van der Waals surface area contributed by atoms with Crippen LogP contribution in [0.1, 0.15) is 11.1 Å². The number of carbonyl (C=O) groups excluding carboxylic acids is 2. The van der Waals surface area contributed by atoms with Gasteiger partial charge in [0, 0.05) is 17.8 Å². The number of amidine groups is 1. The van der Waals surface area contributed by atoms with Gasteiger partial charge in [-0.05, 0) is 48.4 Å². The maximum absolute atomic E-state index is 11.8. The molecule has 0 fully saturated rings. The maximum atomic E-state index is 11.8. The third-order valence-electron chi connectivity index (χ3n) is 3.73. The fourth-order valence-corrected chi connectivity index (χ4v) is 2.31. The monoisotopic (exact) mass is 369 g/mol. The van der Waals surface area contributed by atoms with Crippen molar-refractivity contribution in [3.8, 4) is 5.75 Å². The minimum Gasteiger partial charge on any atom is -0.497 e. The first-order chi connectivity index (χ1) is 13.0. The molecule has 0 heterocycles. The van der Waals surface area contributed by atoms with Gasteiger partial charge in [-0.15, -0.1) is 0 Å². The van der Waals surface area contributed by atoms with E-state index in [0.29, 0.717) is 24.2 Å². The predicted octanol–water partition coefficient (Wildman–Crippen LogP) is 1.46. The molecule has 0 aliphatic heterocycles. The Bertz CT molecular complexity index is 805. The summed E-state index contributed by atoms with van der Waals surface area (Å²) in [5, 5.41) is 15.2. The quantitative estimate of drug-likeness (QED) is 0.356. The van der Waals surface area contributed by atoms with E-state index in [2.05, 4.69) is 16.0 Å². The fraction of sp³-hybridized carbons (Fsp3) is 0.211. The summed E-state index contributed by atoms with van der Waals surface area (Å²) in [6, 6.07) is 13.6. The molecule has 142 valence electrons. The van der Waals surface area contributed by atoms with Crippen LogP contribution >= 0.6 is 0 Å². The van der Waals surface area contributed by atoms with E-state index in [-0.39, 0.29) is 18.3 Å². The molecule has 0 saturated carbocycles. The lowest BCUT2D eigenvalue weighted by atomic mass is 10.1. The Kier molecular flexibility index (Phi) is 7.18. The van der Waals surface area contributed by atoms with Crippen molar-refractivity contribution < 1.29 is 14.3 Å². The summed E-state index contributed by atoms with van der Waals surface area (Å²) in [4.78, 5) is 23.6. The topological polar surface area (TPSA) is 129 Å². The molecule has 27 heavy (non-hydrogen) atoms. The van der Waals surface area contributed by atoms with Crippen molar-refractivity contribution >= 4 is 23.5 Å². The Labute approximate surface area is 157 Å². The molecule has 0 spiro atoms. The van der Waals surface area contributed by atoms with Gasteiger partial charge in [0.1, 0.15) is 11.6 Å². The number of nitrogen functional groups attached to an aromatic ring is 1. The first kappa shape index (κ1) is 19.8. The molecule has 2 aromatic carbocycles. The molecule has 8 nitrogen and oxygen atoms in total. The molecule has 2 rings (SSSR count). The minimum absolute atomic E-state index is 0.0448. The van der Waals surface area contributed by atoms with Crippen LogP contribution in [0, 0.1) is 5.41 Å². The number of hydrogen-bond acceptors (Lipinski definition) is 4. The number of methoxy groups -OCH3 is 1. The molecular formula is C19H23N5O3. The highest BCUT2D eigenvalue weighted by Crippen LogP contribution is 2.12. The van der Waals surface area contributed by atoms with Gasteiger partial charge in [0.15, 0.2) is 0 Å². The van der Waals surface area contributed by atoms with E-state index in [9.17, 15) is 9.59 Å². The van der Waals surface area contributed by atoms with E-state index >= 15 is 0 Å². The summed E-state index contributed by atoms with van der Waals surface area (Å²) in [5.41, 5.74) is 7.52. The van der Waals surface area contributed by atoms with Crippen molar-refractivity contribution in [1.82, 2.24) is 10.6 Å². The molecule has 0 saturated heterocycles. The standard InChI is InChI=1S/C19H23N5O3/c1-27-16-4-2-3-13(11-16)9-10-22-17(25)12-23-19(26)24-15-7-5-14(6-8-15)18(20)21/h2-8,11H,9-10,12H2,1H3,(H3,20,21)(H,22,25)(H2,23,24,26). The van der Waals surface area contributed by atoms with Gasteiger partial charge in [-0.25, -0.2) is 4.79 Å². The van der Waals surface area contributed by atoms with Crippen LogP contribution in [-0.4, -0.2) is 38.0 Å². The van der Waals surface area contributed by atoms with E-state index < -0.39 is 6.03 Å². The summed E-state index contributed by atoms with van der Waals surface area (Å²) in [6.07, 6.45) is 0.664. The number of rotatable bonds is 8. The lowest BCUT2D eigenvalue weighted by molar-refractivity contribution is -0.120. The van der Waals surface area contributed by atoms with E-state index in [1.165, 1.54) is 0 Å². The summed E-state index contributed by atoms with van der Waals surface area (Å²) in [7, 11) is 1.61. The third kappa shape index (κ3) is 6.69. The molecular weight excluding hydrogens is 346 g/mol. The Morgan fingerprint density at radius 2 is 1.85 bits per heavy atom. The van der Waals surface area contributed by atoms with Gasteiger partial charge in [0.25, 0.3) is 0 Å². The van der Waals surface area contributed by atoms with Crippen LogP contribution in [0.2, 0.25) is 0 Å². The second-order valence-corrected chi connectivity index (χ2v) is 5.75. The van der Waals surface area contributed by atoms with E-state index in [1.807, 2.05) is 24.3 Å². The van der Waals surface area contributed by atoms with Crippen molar-refractivity contribution in [2.75, 3.05) is 25.5 Å². The molecule has 0 unspecified atom stereocenters. The highest BCUT2D eigenvalue weighted by atomic mass is 16.5. The zero-order chi connectivity index (χ0) is 19.6. The number of nitrogens with two attached hydrogens (primary N) is 1. The van der Waals surface area contributed by atoms with Gasteiger partial charge in [-0.3, -0.25) is 10.2 Å². The number of hydrogen-bond donors (Lipinski definition) is 5. The molecule has 0 aliphatic rings. The van der Waals surface area contributed by atoms with Gasteiger partial charge >= 0.3 is 6.03 Å². The number of carbonyl (C=O) groups is 2. The van der Waals surface area contributed by atoms with Crippen LogP contribution in [0.15, 0.2) is 48.5 Å². The molecule has 8 heteroatoms. The summed E-state index contributed by atoms with van der Waals surface area (Å²) >= 11 is 0. The molecule has 0 radical (unpaired) electrons. The summed E-state index contributed by atoms with van der Waals surface area (Å²) in [5.74, 6) is 0.449. The number of urea groups is 1. The number of ether oxygens (including phenoxy) is 1. The lowest BCUT2D eigenvalue weighted by Crippen LogP contribution is -2.39. The third-order valence-corrected chi connectivity index (χ3v) is 3.73. The molecule has 0 aliphatic carbocycles. The smallest absolute Gasteiger partial charge is 0.319 e. The van der Waals surface area contributed by atoms with Crippen molar-refractivity contribution in [2.24, 2.45) is 5.73 Å². The molecule has 2 aromatic rings. The van der Waals surface area contributed by atoms with Gasteiger partial charge in [0.05, 0.1) is 13.7 Å². The average Bonchev–Trinajstić information content (AvgIpc) is 2.67. The zero-order valence-electron chi connectivity index (χ0n) is 15.0. The largest absolute Gasteiger partial charge is 0.497 e. The highest BCUT2D eigenvalue weighted by molar-refractivity contribution is 5.96. The normalized spacial score (nSPS) is 9.96. The molecule has 0 bridgehead atoms. The SMILES string of the molecule is COc1cccc(CCNC(=O)CNC(=O)Nc2ccc(C(=N)N)cc2)c1. The highest BCUT2D eigenvalue weighted by Gasteiger charge is 2.06.